The fourth-order valence-electron chi connectivity index (χ4n) is 2.13. The lowest BCUT2D eigenvalue weighted by Crippen LogP contribution is -2.12. The van der Waals surface area contributed by atoms with Crippen LogP contribution >= 0.6 is 0 Å². The lowest BCUT2D eigenvalue weighted by Gasteiger charge is -2.11. The molecule has 1 aromatic carbocycles. The summed E-state index contributed by atoms with van der Waals surface area (Å²) in [5.41, 5.74) is 1.74. The molecule has 0 saturated carbocycles. The molecule has 0 aliphatic rings. The number of ether oxygens (including phenoxy) is 1. The van der Waals surface area contributed by atoms with Crippen molar-refractivity contribution in [2.75, 3.05) is 11.9 Å². The number of furan rings is 1. The van der Waals surface area contributed by atoms with Crippen LogP contribution < -0.4 is 10.1 Å². The molecule has 0 aliphatic carbocycles. The van der Waals surface area contributed by atoms with Crippen LogP contribution in [0.15, 0.2) is 28.7 Å². The summed E-state index contributed by atoms with van der Waals surface area (Å²) >= 11 is 0. The largest absolute Gasteiger partial charge is 0.494 e. The molecule has 0 fully saturated rings. The second-order valence-electron chi connectivity index (χ2n) is 4.69. The van der Waals surface area contributed by atoms with E-state index in [1.165, 1.54) is 0 Å². The standard InChI is InChI=1S/C16H19NO4/c1-4-20-15-6-5-13(8-12(15)9-18)17-16(19)14-7-10(2)21-11(14)3/h5-8,18H,4,9H2,1-3H3,(H,17,19). The van der Waals surface area contributed by atoms with Crippen molar-refractivity contribution in [1.82, 2.24) is 0 Å². The molecule has 0 aliphatic heterocycles. The highest BCUT2D eigenvalue weighted by Gasteiger charge is 2.14. The van der Waals surface area contributed by atoms with Gasteiger partial charge in [-0.05, 0) is 45.0 Å². The molecule has 5 nitrogen and oxygen atoms in total. The van der Waals surface area contributed by atoms with Gasteiger partial charge in [-0.25, -0.2) is 0 Å². The summed E-state index contributed by atoms with van der Waals surface area (Å²) in [6, 6.07) is 6.87. The van der Waals surface area contributed by atoms with Crippen molar-refractivity contribution in [3.8, 4) is 5.75 Å². The third kappa shape index (κ3) is 3.44. The minimum atomic E-state index is -0.239. The summed E-state index contributed by atoms with van der Waals surface area (Å²) in [6.07, 6.45) is 0. The van der Waals surface area contributed by atoms with Gasteiger partial charge in [0.25, 0.3) is 5.91 Å². The first-order chi connectivity index (χ1) is 10.0. The van der Waals surface area contributed by atoms with Gasteiger partial charge >= 0.3 is 0 Å². The second-order valence-corrected chi connectivity index (χ2v) is 4.69. The average Bonchev–Trinajstić information content (AvgIpc) is 2.79. The molecule has 0 saturated heterocycles. The van der Waals surface area contributed by atoms with E-state index in [0.717, 1.165) is 0 Å². The highest BCUT2D eigenvalue weighted by atomic mass is 16.5. The van der Waals surface area contributed by atoms with E-state index in [-0.39, 0.29) is 12.5 Å². The predicted octanol–water partition coefficient (Wildman–Crippen LogP) is 3.04. The Morgan fingerprint density at radius 3 is 2.67 bits per heavy atom. The van der Waals surface area contributed by atoms with Crippen LogP contribution in [0.4, 0.5) is 5.69 Å². The van der Waals surface area contributed by atoms with E-state index in [1.807, 2.05) is 6.92 Å². The SMILES string of the molecule is CCOc1ccc(NC(=O)c2cc(C)oc2C)cc1CO. The maximum atomic E-state index is 12.2. The van der Waals surface area contributed by atoms with Crippen LogP contribution in [0.25, 0.3) is 0 Å². The van der Waals surface area contributed by atoms with Gasteiger partial charge in [-0.15, -0.1) is 0 Å². The van der Waals surface area contributed by atoms with E-state index in [4.69, 9.17) is 9.15 Å². The van der Waals surface area contributed by atoms with Gasteiger partial charge in [0.05, 0.1) is 18.8 Å². The Morgan fingerprint density at radius 1 is 1.33 bits per heavy atom. The van der Waals surface area contributed by atoms with Gasteiger partial charge < -0.3 is 19.6 Å². The number of aliphatic hydroxyl groups is 1. The minimum absolute atomic E-state index is 0.150. The Labute approximate surface area is 123 Å². The Balaban J connectivity index is 2.19. The van der Waals surface area contributed by atoms with Crippen molar-refractivity contribution in [3.63, 3.8) is 0 Å². The molecular formula is C16H19NO4. The number of anilines is 1. The molecule has 21 heavy (non-hydrogen) atoms. The third-order valence-electron chi connectivity index (χ3n) is 3.07. The number of nitrogens with one attached hydrogen (secondary N) is 1. The number of carbonyl (C=O) groups is 1. The number of aliphatic hydroxyl groups excluding tert-OH is 1. The Hall–Kier alpha value is -2.27. The number of rotatable bonds is 5. The van der Waals surface area contributed by atoms with Crippen LogP contribution in [0.1, 0.15) is 34.4 Å². The molecule has 0 spiro atoms. The maximum Gasteiger partial charge on any atom is 0.259 e. The Morgan fingerprint density at radius 2 is 2.10 bits per heavy atom. The van der Waals surface area contributed by atoms with Crippen LogP contribution in [-0.2, 0) is 6.61 Å². The number of benzene rings is 1. The normalized spacial score (nSPS) is 10.5. The molecule has 112 valence electrons. The maximum absolute atomic E-state index is 12.2. The molecule has 0 unspecified atom stereocenters. The molecule has 1 heterocycles. The van der Waals surface area contributed by atoms with Crippen LogP contribution in [0.5, 0.6) is 5.75 Å². The summed E-state index contributed by atoms with van der Waals surface area (Å²) in [5.74, 6) is 1.66. The third-order valence-corrected chi connectivity index (χ3v) is 3.07. The summed E-state index contributed by atoms with van der Waals surface area (Å²) < 4.78 is 10.8. The van der Waals surface area contributed by atoms with E-state index in [1.54, 1.807) is 38.1 Å². The molecular weight excluding hydrogens is 270 g/mol. The molecule has 0 bridgehead atoms. The van der Waals surface area contributed by atoms with Crippen LogP contribution in [-0.4, -0.2) is 17.6 Å². The van der Waals surface area contributed by atoms with Gasteiger partial charge in [0, 0.05) is 11.3 Å². The van der Waals surface area contributed by atoms with Crippen molar-refractivity contribution < 1.29 is 19.1 Å². The van der Waals surface area contributed by atoms with E-state index >= 15 is 0 Å². The minimum Gasteiger partial charge on any atom is -0.494 e. The summed E-state index contributed by atoms with van der Waals surface area (Å²) in [4.78, 5) is 12.2. The molecule has 2 rings (SSSR count). The van der Waals surface area contributed by atoms with Gasteiger partial charge in [-0.3, -0.25) is 4.79 Å². The van der Waals surface area contributed by atoms with Crippen molar-refractivity contribution in [2.45, 2.75) is 27.4 Å². The van der Waals surface area contributed by atoms with Crippen LogP contribution in [0.3, 0.4) is 0 Å². The number of hydrogen-bond acceptors (Lipinski definition) is 4. The predicted molar refractivity (Wildman–Crippen MR) is 79.7 cm³/mol. The Bertz CT molecular complexity index is 646. The van der Waals surface area contributed by atoms with Crippen molar-refractivity contribution in [3.05, 3.63) is 46.9 Å². The lowest BCUT2D eigenvalue weighted by atomic mass is 10.1. The number of hydrogen-bond donors (Lipinski definition) is 2. The summed E-state index contributed by atoms with van der Waals surface area (Å²) in [7, 11) is 0. The van der Waals surface area contributed by atoms with E-state index in [2.05, 4.69) is 5.32 Å². The molecule has 0 atom stereocenters. The van der Waals surface area contributed by atoms with Gasteiger partial charge in [-0.1, -0.05) is 0 Å². The average molecular weight is 289 g/mol. The molecule has 2 aromatic rings. The van der Waals surface area contributed by atoms with E-state index < -0.39 is 0 Å². The summed E-state index contributed by atoms with van der Waals surface area (Å²) in [5, 5.41) is 12.2. The van der Waals surface area contributed by atoms with E-state index in [9.17, 15) is 9.90 Å². The number of carbonyl (C=O) groups excluding carboxylic acids is 1. The number of amides is 1. The fraction of sp³-hybridized carbons (Fsp3) is 0.312. The first kappa shape index (κ1) is 15.1. The fourth-order valence-corrected chi connectivity index (χ4v) is 2.13. The quantitative estimate of drug-likeness (QED) is 0.887. The lowest BCUT2D eigenvalue weighted by molar-refractivity contribution is 0.102. The molecule has 5 heteroatoms. The van der Waals surface area contributed by atoms with Crippen molar-refractivity contribution >= 4 is 11.6 Å². The second kappa shape index (κ2) is 6.45. The van der Waals surface area contributed by atoms with Crippen LogP contribution in [0.2, 0.25) is 0 Å². The monoisotopic (exact) mass is 289 g/mol. The highest BCUT2D eigenvalue weighted by molar-refractivity contribution is 6.05. The zero-order valence-corrected chi connectivity index (χ0v) is 12.4. The molecule has 1 amide bonds. The first-order valence-electron chi connectivity index (χ1n) is 6.80. The van der Waals surface area contributed by atoms with Crippen LogP contribution in [0, 0.1) is 13.8 Å². The zero-order chi connectivity index (χ0) is 15.4. The summed E-state index contributed by atoms with van der Waals surface area (Å²) in [6.45, 7) is 5.79. The van der Waals surface area contributed by atoms with E-state index in [0.29, 0.717) is 40.7 Å². The van der Waals surface area contributed by atoms with Crippen molar-refractivity contribution in [1.29, 1.82) is 0 Å². The van der Waals surface area contributed by atoms with Gasteiger partial charge in [-0.2, -0.15) is 0 Å². The highest BCUT2D eigenvalue weighted by Crippen LogP contribution is 2.24. The molecule has 1 aromatic heterocycles. The Kier molecular flexibility index (Phi) is 4.65. The molecule has 2 N–H and O–H groups in total. The van der Waals surface area contributed by atoms with Crippen molar-refractivity contribution in [2.24, 2.45) is 0 Å². The number of aryl methyl sites for hydroxylation is 2. The van der Waals surface area contributed by atoms with Gasteiger partial charge in [0.1, 0.15) is 17.3 Å². The topological polar surface area (TPSA) is 71.7 Å². The zero-order valence-electron chi connectivity index (χ0n) is 12.4. The first-order valence-corrected chi connectivity index (χ1v) is 6.80. The van der Waals surface area contributed by atoms with Gasteiger partial charge in [0.15, 0.2) is 0 Å². The van der Waals surface area contributed by atoms with Gasteiger partial charge in [0.2, 0.25) is 0 Å². The molecule has 0 radical (unpaired) electrons. The smallest absolute Gasteiger partial charge is 0.259 e.